The minimum Gasteiger partial charge on any atom is -0.455 e. The van der Waals surface area contributed by atoms with Gasteiger partial charge in [-0.1, -0.05) is 12.1 Å². The van der Waals surface area contributed by atoms with Gasteiger partial charge in [-0.3, -0.25) is 14.4 Å². The molecule has 0 aliphatic carbocycles. The largest absolute Gasteiger partial charge is 0.455 e. The Balaban J connectivity index is 2.34. The van der Waals surface area contributed by atoms with Crippen molar-refractivity contribution in [3.05, 3.63) is 17.5 Å². The normalized spacial score (nSPS) is 26.0. The fourth-order valence-electron chi connectivity index (χ4n) is 2.38. The molecule has 1 aliphatic rings. The molecule has 9 heteroatoms. The van der Waals surface area contributed by atoms with Gasteiger partial charge in [-0.25, -0.2) is 0 Å². The van der Waals surface area contributed by atoms with Crippen molar-refractivity contribution in [2.75, 3.05) is 0 Å². The number of carbonyl (C=O) groups is 3. The fraction of sp³-hybridized carbons (Fsp3) is 0.600. The van der Waals surface area contributed by atoms with Gasteiger partial charge in [-0.15, -0.1) is 0 Å². The van der Waals surface area contributed by atoms with Crippen molar-refractivity contribution in [2.24, 2.45) is 0 Å². The van der Waals surface area contributed by atoms with E-state index in [0.717, 1.165) is 0 Å². The molecular formula is C15H19NO8. The van der Waals surface area contributed by atoms with Crippen LogP contribution in [0.25, 0.3) is 0 Å². The van der Waals surface area contributed by atoms with E-state index in [1.165, 1.54) is 20.8 Å². The maximum absolute atomic E-state index is 11.4. The molecule has 1 aliphatic heterocycles. The van der Waals surface area contributed by atoms with Gasteiger partial charge in [-0.2, -0.15) is 0 Å². The van der Waals surface area contributed by atoms with E-state index in [1.807, 2.05) is 6.92 Å². The van der Waals surface area contributed by atoms with Gasteiger partial charge in [0.05, 0.1) is 5.69 Å². The van der Waals surface area contributed by atoms with E-state index in [9.17, 15) is 14.4 Å². The van der Waals surface area contributed by atoms with Crippen LogP contribution in [0.15, 0.2) is 10.6 Å². The highest BCUT2D eigenvalue weighted by atomic mass is 16.7. The van der Waals surface area contributed by atoms with E-state index in [-0.39, 0.29) is 5.76 Å². The molecule has 0 amide bonds. The Morgan fingerprint density at radius 3 is 2.12 bits per heavy atom. The highest BCUT2D eigenvalue weighted by molar-refractivity contribution is 5.68. The number of carbonyl (C=O) groups excluding carboxylic acids is 3. The van der Waals surface area contributed by atoms with Gasteiger partial charge in [-0.05, 0) is 6.42 Å². The third kappa shape index (κ3) is 4.10. The van der Waals surface area contributed by atoms with Crippen LogP contribution in [0, 0.1) is 0 Å². The standard InChI is InChI=1S/C15H19NO8/c1-5-10-6-11(24-16-10)12-13(20-7(2)17)14(21-8(3)18)15(23-12)22-9(4)19/h6,12-15H,5H2,1-4H3/t12-,13-,14-,15?/m1/s1. The second-order valence-electron chi connectivity index (χ2n) is 5.26. The zero-order valence-corrected chi connectivity index (χ0v) is 13.8. The van der Waals surface area contributed by atoms with Gasteiger partial charge >= 0.3 is 17.9 Å². The van der Waals surface area contributed by atoms with Gasteiger partial charge in [0.2, 0.25) is 12.4 Å². The second kappa shape index (κ2) is 7.43. The van der Waals surface area contributed by atoms with Crippen molar-refractivity contribution >= 4 is 17.9 Å². The Kier molecular flexibility index (Phi) is 5.55. The Hall–Kier alpha value is -2.42. The first-order valence-electron chi connectivity index (χ1n) is 7.44. The SMILES string of the molecule is CCc1cc([C@H]2OC(OC(C)=O)[C@H](OC(C)=O)[C@@H]2OC(C)=O)on1. The summed E-state index contributed by atoms with van der Waals surface area (Å²) in [6, 6.07) is 1.64. The quantitative estimate of drug-likeness (QED) is 0.572. The van der Waals surface area contributed by atoms with Gasteiger partial charge < -0.3 is 23.5 Å². The van der Waals surface area contributed by atoms with Crippen molar-refractivity contribution in [1.29, 1.82) is 0 Å². The van der Waals surface area contributed by atoms with Crippen molar-refractivity contribution < 1.29 is 37.9 Å². The Morgan fingerprint density at radius 1 is 1.04 bits per heavy atom. The predicted octanol–water partition coefficient (Wildman–Crippen LogP) is 1.06. The molecule has 24 heavy (non-hydrogen) atoms. The van der Waals surface area contributed by atoms with Crippen LogP contribution < -0.4 is 0 Å². The van der Waals surface area contributed by atoms with E-state index in [0.29, 0.717) is 12.1 Å². The summed E-state index contributed by atoms with van der Waals surface area (Å²) in [5, 5.41) is 3.85. The summed E-state index contributed by atoms with van der Waals surface area (Å²) in [6.07, 6.45) is -3.66. The third-order valence-electron chi connectivity index (χ3n) is 3.28. The lowest BCUT2D eigenvalue weighted by atomic mass is 10.1. The molecule has 1 aromatic heterocycles. The Labute approximate surface area is 138 Å². The molecule has 0 bridgehead atoms. The first-order valence-corrected chi connectivity index (χ1v) is 7.44. The summed E-state index contributed by atoms with van der Waals surface area (Å²) in [4.78, 5) is 34.1. The number of rotatable bonds is 5. The second-order valence-corrected chi connectivity index (χ2v) is 5.26. The molecule has 0 N–H and O–H groups in total. The smallest absolute Gasteiger partial charge is 0.305 e. The van der Waals surface area contributed by atoms with Crippen molar-refractivity contribution in [2.45, 2.75) is 58.7 Å². The van der Waals surface area contributed by atoms with E-state index in [4.69, 9.17) is 23.5 Å². The fourth-order valence-corrected chi connectivity index (χ4v) is 2.38. The third-order valence-corrected chi connectivity index (χ3v) is 3.28. The number of esters is 3. The molecule has 132 valence electrons. The minimum atomic E-state index is -1.23. The summed E-state index contributed by atoms with van der Waals surface area (Å²) in [5.74, 6) is -1.59. The lowest BCUT2D eigenvalue weighted by Crippen LogP contribution is -2.39. The highest BCUT2D eigenvalue weighted by Gasteiger charge is 2.53. The monoisotopic (exact) mass is 341 g/mol. The number of aryl methyl sites for hydroxylation is 1. The summed E-state index contributed by atoms with van der Waals surface area (Å²) < 4.78 is 26.2. The molecule has 0 aromatic carbocycles. The average Bonchev–Trinajstić information content (AvgIpc) is 3.05. The molecule has 4 atom stereocenters. The van der Waals surface area contributed by atoms with E-state index < -0.39 is 42.5 Å². The van der Waals surface area contributed by atoms with Gasteiger partial charge in [0.15, 0.2) is 18.0 Å². The van der Waals surface area contributed by atoms with E-state index in [2.05, 4.69) is 5.16 Å². The van der Waals surface area contributed by atoms with Crippen LogP contribution in [-0.4, -0.2) is 41.6 Å². The molecule has 0 spiro atoms. The lowest BCUT2D eigenvalue weighted by molar-refractivity contribution is -0.196. The molecule has 1 saturated heterocycles. The van der Waals surface area contributed by atoms with Crippen LogP contribution >= 0.6 is 0 Å². The number of nitrogens with zero attached hydrogens (tertiary/aromatic N) is 1. The van der Waals surface area contributed by atoms with Gasteiger partial charge in [0.1, 0.15) is 0 Å². The minimum absolute atomic E-state index is 0.282. The zero-order valence-electron chi connectivity index (χ0n) is 13.8. The molecule has 0 radical (unpaired) electrons. The summed E-state index contributed by atoms with van der Waals surface area (Å²) >= 11 is 0. The molecule has 1 aromatic rings. The number of aromatic nitrogens is 1. The van der Waals surface area contributed by atoms with Gasteiger partial charge in [0, 0.05) is 26.8 Å². The maximum atomic E-state index is 11.4. The summed E-state index contributed by atoms with van der Waals surface area (Å²) in [6.45, 7) is 5.47. The molecule has 9 nitrogen and oxygen atoms in total. The van der Waals surface area contributed by atoms with E-state index >= 15 is 0 Å². The predicted molar refractivity (Wildman–Crippen MR) is 76.4 cm³/mol. The topological polar surface area (TPSA) is 114 Å². The number of ether oxygens (including phenoxy) is 4. The number of hydrogen-bond acceptors (Lipinski definition) is 9. The molecule has 0 saturated carbocycles. The van der Waals surface area contributed by atoms with Crippen LogP contribution in [0.5, 0.6) is 0 Å². The first-order chi connectivity index (χ1) is 11.3. The van der Waals surface area contributed by atoms with E-state index in [1.54, 1.807) is 6.07 Å². The molecule has 2 rings (SSSR count). The van der Waals surface area contributed by atoms with Crippen molar-refractivity contribution in [3.8, 4) is 0 Å². The Bertz CT molecular complexity index is 625. The van der Waals surface area contributed by atoms with Crippen LogP contribution in [0.3, 0.4) is 0 Å². The molecule has 2 heterocycles. The maximum Gasteiger partial charge on any atom is 0.305 e. The highest BCUT2D eigenvalue weighted by Crippen LogP contribution is 2.38. The summed E-state index contributed by atoms with van der Waals surface area (Å²) in [5.41, 5.74) is 0.676. The first kappa shape index (κ1) is 17.9. The van der Waals surface area contributed by atoms with Crippen LogP contribution in [0.4, 0.5) is 0 Å². The van der Waals surface area contributed by atoms with Crippen LogP contribution in [0.2, 0.25) is 0 Å². The molecule has 1 unspecified atom stereocenters. The van der Waals surface area contributed by atoms with Gasteiger partial charge in [0.25, 0.3) is 0 Å². The van der Waals surface area contributed by atoms with Crippen molar-refractivity contribution in [1.82, 2.24) is 5.16 Å². The molecular weight excluding hydrogens is 322 g/mol. The van der Waals surface area contributed by atoms with Crippen LogP contribution in [0.1, 0.15) is 45.3 Å². The summed E-state index contributed by atoms with van der Waals surface area (Å²) in [7, 11) is 0. The van der Waals surface area contributed by atoms with Crippen molar-refractivity contribution in [3.63, 3.8) is 0 Å². The molecule has 1 fully saturated rings. The zero-order chi connectivity index (χ0) is 17.9. The lowest BCUT2D eigenvalue weighted by Gasteiger charge is -2.22. The van der Waals surface area contributed by atoms with Crippen LogP contribution in [-0.2, 0) is 39.8 Å². The Morgan fingerprint density at radius 2 is 1.62 bits per heavy atom. The number of hydrogen-bond donors (Lipinski definition) is 0. The average molecular weight is 341 g/mol.